The van der Waals surface area contributed by atoms with E-state index >= 15 is 0 Å². The van der Waals surface area contributed by atoms with Crippen LogP contribution in [0, 0.1) is 0 Å². The lowest BCUT2D eigenvalue weighted by atomic mass is 9.97. The molecule has 0 radical (unpaired) electrons. The molecule has 1 aromatic carbocycles. The number of fused-ring (bicyclic) bond motifs is 4. The lowest BCUT2D eigenvalue weighted by Crippen LogP contribution is -2.26. The fraction of sp³-hybridized carbons (Fsp3) is 0.478. The molecule has 1 N–H and O–H groups in total. The van der Waals surface area contributed by atoms with Crippen LogP contribution in [0.4, 0.5) is 0 Å². The third-order valence-corrected chi connectivity index (χ3v) is 7.73. The number of nitrogens with zero attached hydrogens (tertiary/aromatic N) is 2. The third-order valence-electron chi connectivity index (χ3n) is 6.54. The quantitative estimate of drug-likeness (QED) is 0.690. The topological polar surface area (TPSA) is 67.5 Å². The summed E-state index contributed by atoms with van der Waals surface area (Å²) in [6.07, 6.45) is 6.72. The first-order chi connectivity index (χ1) is 14.8. The zero-order valence-electron chi connectivity index (χ0n) is 16.9. The Balaban J connectivity index is 1.29. The molecular formula is C23H25N3O3S. The van der Waals surface area contributed by atoms with Gasteiger partial charge in [0, 0.05) is 10.9 Å². The van der Waals surface area contributed by atoms with Crippen LogP contribution in [0.2, 0.25) is 0 Å². The highest BCUT2D eigenvalue weighted by atomic mass is 32.1. The van der Waals surface area contributed by atoms with Gasteiger partial charge in [-0.25, -0.2) is 4.98 Å². The fourth-order valence-corrected chi connectivity index (χ4v) is 6.42. The first-order valence-electron chi connectivity index (χ1n) is 10.9. The van der Waals surface area contributed by atoms with Crippen molar-refractivity contribution in [2.75, 3.05) is 19.8 Å². The second-order valence-corrected chi connectivity index (χ2v) is 9.52. The molecule has 6 rings (SSSR count). The Morgan fingerprint density at radius 1 is 1.13 bits per heavy atom. The number of hydrogen-bond acceptors (Lipinski definition) is 6. The van der Waals surface area contributed by atoms with Crippen molar-refractivity contribution >= 4 is 21.6 Å². The van der Waals surface area contributed by atoms with Crippen LogP contribution in [-0.4, -0.2) is 34.6 Å². The molecule has 0 amide bonds. The zero-order valence-corrected chi connectivity index (χ0v) is 17.7. The van der Waals surface area contributed by atoms with Gasteiger partial charge in [-0.1, -0.05) is 6.07 Å². The number of aromatic nitrogens is 2. The van der Waals surface area contributed by atoms with Gasteiger partial charge >= 0.3 is 0 Å². The molecule has 1 atom stereocenters. The number of rotatable bonds is 3. The van der Waals surface area contributed by atoms with E-state index in [4.69, 9.17) is 14.5 Å². The number of aryl methyl sites for hydroxylation is 2. The van der Waals surface area contributed by atoms with Crippen molar-refractivity contribution < 1.29 is 9.47 Å². The maximum atomic E-state index is 12.9. The van der Waals surface area contributed by atoms with Gasteiger partial charge in [-0.05, 0) is 68.3 Å². The number of aromatic amines is 1. The van der Waals surface area contributed by atoms with E-state index in [0.29, 0.717) is 25.8 Å². The van der Waals surface area contributed by atoms with Crippen LogP contribution in [0.15, 0.2) is 23.0 Å². The van der Waals surface area contributed by atoms with Crippen molar-refractivity contribution in [2.24, 2.45) is 0 Å². The number of benzene rings is 1. The molecule has 0 unspecified atom stereocenters. The Morgan fingerprint density at radius 3 is 2.93 bits per heavy atom. The van der Waals surface area contributed by atoms with E-state index < -0.39 is 0 Å². The normalized spacial score (nSPS) is 21.1. The van der Waals surface area contributed by atoms with Crippen LogP contribution < -0.4 is 15.0 Å². The minimum absolute atomic E-state index is 0.0319. The van der Waals surface area contributed by atoms with E-state index in [9.17, 15) is 4.79 Å². The molecule has 1 saturated heterocycles. The number of thiophene rings is 1. The van der Waals surface area contributed by atoms with Gasteiger partial charge in [0.2, 0.25) is 0 Å². The summed E-state index contributed by atoms with van der Waals surface area (Å²) in [5.41, 5.74) is 2.52. The molecule has 1 aliphatic carbocycles. The van der Waals surface area contributed by atoms with Crippen LogP contribution in [0.25, 0.3) is 10.2 Å². The van der Waals surface area contributed by atoms with E-state index in [0.717, 1.165) is 59.8 Å². The van der Waals surface area contributed by atoms with Gasteiger partial charge in [0.15, 0.2) is 11.5 Å². The van der Waals surface area contributed by atoms with Crippen LogP contribution in [0.5, 0.6) is 11.5 Å². The average Bonchev–Trinajstić information content (AvgIpc) is 3.37. The summed E-state index contributed by atoms with van der Waals surface area (Å²) in [7, 11) is 0. The molecule has 30 heavy (non-hydrogen) atoms. The summed E-state index contributed by atoms with van der Waals surface area (Å²) < 4.78 is 11.4. The fourth-order valence-electron chi connectivity index (χ4n) is 5.14. The monoisotopic (exact) mass is 423 g/mol. The molecule has 2 aromatic heterocycles. The maximum Gasteiger partial charge on any atom is 0.259 e. The van der Waals surface area contributed by atoms with Crippen molar-refractivity contribution in [1.29, 1.82) is 0 Å². The molecule has 2 aliphatic heterocycles. The highest BCUT2D eigenvalue weighted by molar-refractivity contribution is 7.18. The molecule has 4 heterocycles. The van der Waals surface area contributed by atoms with Gasteiger partial charge in [0.05, 0.1) is 11.9 Å². The van der Waals surface area contributed by atoms with Crippen LogP contribution in [-0.2, 0) is 19.4 Å². The van der Waals surface area contributed by atoms with Gasteiger partial charge in [0.1, 0.15) is 23.9 Å². The van der Waals surface area contributed by atoms with E-state index in [2.05, 4.69) is 22.0 Å². The highest BCUT2D eigenvalue weighted by Crippen LogP contribution is 2.39. The van der Waals surface area contributed by atoms with Gasteiger partial charge in [-0.3, -0.25) is 9.69 Å². The Hall–Kier alpha value is -2.38. The number of nitrogens with one attached hydrogen (secondary N) is 1. The summed E-state index contributed by atoms with van der Waals surface area (Å²) in [5.74, 6) is 2.44. The Bertz CT molecular complexity index is 1170. The smallest absolute Gasteiger partial charge is 0.259 e. The Kier molecular flexibility index (Phi) is 4.53. The van der Waals surface area contributed by atoms with Crippen molar-refractivity contribution in [2.45, 2.75) is 51.1 Å². The standard InChI is InChI=1S/C23H25N3O3S/c27-22-21-15-4-1-2-6-19(15)30-23(21)25-20(24-22)13-26-9-3-5-16(26)14-7-8-17-18(12-14)29-11-10-28-17/h7-8,12,16H,1-6,9-11,13H2,(H,24,25,27)/t16-/m0/s1. The molecule has 0 saturated carbocycles. The molecule has 7 heteroatoms. The van der Waals surface area contributed by atoms with Gasteiger partial charge in [0.25, 0.3) is 5.56 Å². The summed E-state index contributed by atoms with van der Waals surface area (Å²) in [4.78, 5) is 25.5. The molecule has 0 spiro atoms. The largest absolute Gasteiger partial charge is 0.486 e. The first kappa shape index (κ1) is 18.4. The molecule has 6 nitrogen and oxygen atoms in total. The minimum Gasteiger partial charge on any atom is -0.486 e. The van der Waals surface area contributed by atoms with Crippen molar-refractivity contribution in [3.63, 3.8) is 0 Å². The Morgan fingerprint density at radius 2 is 2.00 bits per heavy atom. The number of hydrogen-bond donors (Lipinski definition) is 1. The van der Waals surface area contributed by atoms with Crippen LogP contribution >= 0.6 is 11.3 Å². The van der Waals surface area contributed by atoms with E-state index in [1.54, 1.807) is 11.3 Å². The maximum absolute atomic E-state index is 12.9. The first-order valence-corrected chi connectivity index (χ1v) is 11.7. The predicted octanol–water partition coefficient (Wildman–Crippen LogP) is 3.97. The summed E-state index contributed by atoms with van der Waals surface area (Å²) in [6.45, 7) is 2.87. The van der Waals surface area contributed by atoms with Gasteiger partial charge < -0.3 is 14.5 Å². The Labute approximate surface area is 178 Å². The second-order valence-electron chi connectivity index (χ2n) is 8.44. The van der Waals surface area contributed by atoms with Crippen molar-refractivity contribution in [3.8, 4) is 11.5 Å². The van der Waals surface area contributed by atoms with Crippen LogP contribution in [0.3, 0.4) is 0 Å². The number of ether oxygens (including phenoxy) is 2. The molecule has 3 aromatic rings. The summed E-state index contributed by atoms with van der Waals surface area (Å²) in [5, 5.41) is 0.836. The molecule has 0 bridgehead atoms. The average molecular weight is 424 g/mol. The number of H-pyrrole nitrogens is 1. The SMILES string of the molecule is O=c1[nH]c(CN2CCC[C@H]2c2ccc3c(c2)OCCO3)nc2sc3c(c12)CCCC3. The van der Waals surface area contributed by atoms with E-state index in [1.165, 1.54) is 28.8 Å². The summed E-state index contributed by atoms with van der Waals surface area (Å²) >= 11 is 1.72. The second kappa shape index (κ2) is 7.39. The highest BCUT2D eigenvalue weighted by Gasteiger charge is 2.28. The molecule has 3 aliphatic rings. The molecule has 1 fully saturated rings. The minimum atomic E-state index is 0.0319. The van der Waals surface area contributed by atoms with Crippen molar-refractivity contribution in [1.82, 2.24) is 14.9 Å². The lowest BCUT2D eigenvalue weighted by Gasteiger charge is -2.26. The van der Waals surface area contributed by atoms with E-state index in [1.807, 2.05) is 6.07 Å². The molecular weight excluding hydrogens is 398 g/mol. The molecule has 156 valence electrons. The predicted molar refractivity (Wildman–Crippen MR) is 117 cm³/mol. The van der Waals surface area contributed by atoms with Crippen LogP contribution in [0.1, 0.15) is 53.6 Å². The lowest BCUT2D eigenvalue weighted by molar-refractivity contribution is 0.170. The summed E-state index contributed by atoms with van der Waals surface area (Å²) in [6, 6.07) is 6.58. The zero-order chi connectivity index (χ0) is 20.1. The van der Waals surface area contributed by atoms with Gasteiger partial charge in [-0.2, -0.15) is 0 Å². The van der Waals surface area contributed by atoms with Gasteiger partial charge in [-0.15, -0.1) is 11.3 Å². The number of likely N-dealkylation sites (tertiary alicyclic amines) is 1. The van der Waals surface area contributed by atoms with Crippen molar-refractivity contribution in [3.05, 3.63) is 50.4 Å². The van der Waals surface area contributed by atoms with E-state index in [-0.39, 0.29) is 5.56 Å². The third kappa shape index (κ3) is 3.11.